The van der Waals surface area contributed by atoms with Gasteiger partial charge in [-0.3, -0.25) is 9.59 Å². The molecular formula is C24H24N2O4. The molecule has 30 heavy (non-hydrogen) atoms. The fraction of sp³-hybridized carbons (Fsp3) is 0.167. The molecule has 0 unspecified atom stereocenters. The van der Waals surface area contributed by atoms with Crippen LogP contribution < -0.4 is 20.5 Å². The minimum atomic E-state index is -0.517. The number of nitrogens with two attached hydrogens (primary N) is 1. The van der Waals surface area contributed by atoms with E-state index < -0.39 is 5.91 Å². The largest absolute Gasteiger partial charge is 0.496 e. The van der Waals surface area contributed by atoms with Gasteiger partial charge in [-0.15, -0.1) is 0 Å². The third-order valence-corrected chi connectivity index (χ3v) is 4.56. The fourth-order valence-corrected chi connectivity index (χ4v) is 3.13. The van der Waals surface area contributed by atoms with Crippen LogP contribution in [0, 0.1) is 13.8 Å². The fourth-order valence-electron chi connectivity index (χ4n) is 3.13. The number of anilines is 1. The second-order valence-electron chi connectivity index (χ2n) is 7.03. The summed E-state index contributed by atoms with van der Waals surface area (Å²) in [5.41, 5.74) is 9.64. The van der Waals surface area contributed by atoms with Crippen LogP contribution in [0.5, 0.6) is 11.5 Å². The Kier molecular flexibility index (Phi) is 6.37. The van der Waals surface area contributed by atoms with E-state index in [1.807, 2.05) is 26.0 Å². The van der Waals surface area contributed by atoms with Crippen LogP contribution in [-0.4, -0.2) is 18.9 Å². The first-order chi connectivity index (χ1) is 14.4. The van der Waals surface area contributed by atoms with E-state index in [9.17, 15) is 9.59 Å². The second-order valence-corrected chi connectivity index (χ2v) is 7.03. The maximum Gasteiger partial charge on any atom is 0.255 e. The molecule has 0 atom stereocenters. The highest BCUT2D eigenvalue weighted by Gasteiger charge is 2.12. The number of nitrogens with one attached hydrogen (secondary N) is 1. The van der Waals surface area contributed by atoms with Crippen molar-refractivity contribution in [1.29, 1.82) is 0 Å². The average Bonchev–Trinajstić information content (AvgIpc) is 2.71. The Balaban J connectivity index is 1.75. The van der Waals surface area contributed by atoms with Gasteiger partial charge >= 0.3 is 0 Å². The lowest BCUT2D eigenvalue weighted by Gasteiger charge is -2.13. The Morgan fingerprint density at radius 3 is 2.13 bits per heavy atom. The van der Waals surface area contributed by atoms with Crippen LogP contribution in [0.4, 0.5) is 5.69 Å². The molecule has 0 heterocycles. The molecule has 3 aromatic carbocycles. The highest BCUT2D eigenvalue weighted by molar-refractivity contribution is 6.04. The molecule has 3 rings (SSSR count). The first kappa shape index (κ1) is 20.9. The van der Waals surface area contributed by atoms with E-state index in [0.29, 0.717) is 22.6 Å². The number of carbonyl (C=O) groups excluding carboxylic acids is 2. The summed E-state index contributed by atoms with van der Waals surface area (Å²) in [5.74, 6) is 0.606. The van der Waals surface area contributed by atoms with Crippen molar-refractivity contribution in [2.75, 3.05) is 12.4 Å². The first-order valence-electron chi connectivity index (χ1n) is 9.45. The van der Waals surface area contributed by atoms with Crippen LogP contribution >= 0.6 is 0 Å². The summed E-state index contributed by atoms with van der Waals surface area (Å²) in [7, 11) is 1.58. The quantitative estimate of drug-likeness (QED) is 0.616. The number of aryl methyl sites for hydroxylation is 2. The minimum Gasteiger partial charge on any atom is -0.496 e. The summed E-state index contributed by atoms with van der Waals surface area (Å²) < 4.78 is 11.3. The maximum absolute atomic E-state index is 12.7. The van der Waals surface area contributed by atoms with Gasteiger partial charge in [0.1, 0.15) is 18.1 Å². The molecule has 0 aromatic heterocycles. The topological polar surface area (TPSA) is 90.6 Å². The molecule has 0 fully saturated rings. The van der Waals surface area contributed by atoms with Crippen molar-refractivity contribution in [2.45, 2.75) is 20.5 Å². The van der Waals surface area contributed by atoms with E-state index in [2.05, 4.69) is 11.4 Å². The number of methoxy groups -OCH3 is 1. The van der Waals surface area contributed by atoms with Crippen molar-refractivity contribution in [3.8, 4) is 11.5 Å². The number of primary amides is 1. The summed E-state index contributed by atoms with van der Waals surface area (Å²) in [4.78, 5) is 23.8. The van der Waals surface area contributed by atoms with Crippen LogP contribution in [0.25, 0.3) is 0 Å². The van der Waals surface area contributed by atoms with Gasteiger partial charge < -0.3 is 20.5 Å². The number of hydrogen-bond acceptors (Lipinski definition) is 4. The van der Waals surface area contributed by atoms with Gasteiger partial charge in [0.25, 0.3) is 5.91 Å². The molecule has 0 aliphatic rings. The van der Waals surface area contributed by atoms with E-state index >= 15 is 0 Å². The third-order valence-electron chi connectivity index (χ3n) is 4.56. The molecule has 6 nitrogen and oxygen atoms in total. The van der Waals surface area contributed by atoms with Gasteiger partial charge in [-0.2, -0.15) is 0 Å². The SMILES string of the molecule is COc1ccc(C(=O)Nc2ccc(C(N)=O)cc2)cc1COc1cc(C)cc(C)c1. The van der Waals surface area contributed by atoms with Crippen molar-refractivity contribution in [2.24, 2.45) is 5.73 Å². The molecule has 0 aliphatic heterocycles. The molecule has 0 spiro atoms. The van der Waals surface area contributed by atoms with Crippen LogP contribution in [0.2, 0.25) is 0 Å². The Labute approximate surface area is 175 Å². The van der Waals surface area contributed by atoms with Gasteiger partial charge in [-0.25, -0.2) is 0 Å². The molecule has 2 amide bonds. The summed E-state index contributed by atoms with van der Waals surface area (Å²) in [6.45, 7) is 4.29. The molecule has 0 bridgehead atoms. The second kappa shape index (κ2) is 9.13. The lowest BCUT2D eigenvalue weighted by atomic mass is 10.1. The van der Waals surface area contributed by atoms with Gasteiger partial charge in [0.2, 0.25) is 5.91 Å². The van der Waals surface area contributed by atoms with Gasteiger partial charge in [-0.1, -0.05) is 6.07 Å². The van der Waals surface area contributed by atoms with E-state index in [0.717, 1.165) is 22.4 Å². The summed E-state index contributed by atoms with van der Waals surface area (Å²) in [5, 5.41) is 2.81. The molecule has 0 radical (unpaired) electrons. The van der Waals surface area contributed by atoms with E-state index in [-0.39, 0.29) is 12.5 Å². The number of carbonyl (C=O) groups is 2. The molecule has 6 heteroatoms. The van der Waals surface area contributed by atoms with Crippen LogP contribution in [-0.2, 0) is 6.61 Å². The molecule has 0 saturated carbocycles. The third kappa shape index (κ3) is 5.17. The molecule has 154 valence electrons. The zero-order valence-corrected chi connectivity index (χ0v) is 17.2. The summed E-state index contributed by atoms with van der Waals surface area (Å²) >= 11 is 0. The van der Waals surface area contributed by atoms with Crippen LogP contribution in [0.1, 0.15) is 37.4 Å². The van der Waals surface area contributed by atoms with E-state index in [1.54, 1.807) is 49.6 Å². The zero-order chi connectivity index (χ0) is 21.7. The Morgan fingerprint density at radius 2 is 1.53 bits per heavy atom. The monoisotopic (exact) mass is 404 g/mol. The van der Waals surface area contributed by atoms with Gasteiger partial charge in [0.05, 0.1) is 7.11 Å². The molecule has 0 aliphatic carbocycles. The Morgan fingerprint density at radius 1 is 0.900 bits per heavy atom. The van der Waals surface area contributed by atoms with Crippen molar-refractivity contribution in [3.05, 3.63) is 88.5 Å². The van der Waals surface area contributed by atoms with Gasteiger partial charge in [0, 0.05) is 22.4 Å². The average molecular weight is 404 g/mol. The van der Waals surface area contributed by atoms with E-state index in [1.165, 1.54) is 0 Å². The smallest absolute Gasteiger partial charge is 0.255 e. The normalized spacial score (nSPS) is 10.4. The van der Waals surface area contributed by atoms with Crippen molar-refractivity contribution >= 4 is 17.5 Å². The Bertz CT molecular complexity index is 1050. The summed E-state index contributed by atoms with van der Waals surface area (Å²) in [6.07, 6.45) is 0. The highest BCUT2D eigenvalue weighted by atomic mass is 16.5. The highest BCUT2D eigenvalue weighted by Crippen LogP contribution is 2.24. The van der Waals surface area contributed by atoms with Crippen molar-refractivity contribution < 1.29 is 19.1 Å². The number of amides is 2. The van der Waals surface area contributed by atoms with Crippen LogP contribution in [0.3, 0.4) is 0 Å². The minimum absolute atomic E-state index is 0.264. The Hall–Kier alpha value is -3.80. The predicted octanol–water partition coefficient (Wildman–Crippen LogP) is 4.24. The number of ether oxygens (including phenoxy) is 2. The predicted molar refractivity (Wildman–Crippen MR) is 116 cm³/mol. The number of benzene rings is 3. The lowest BCUT2D eigenvalue weighted by Crippen LogP contribution is -2.14. The lowest BCUT2D eigenvalue weighted by molar-refractivity contribution is 0.0998. The molecular weight excluding hydrogens is 380 g/mol. The van der Waals surface area contributed by atoms with Crippen molar-refractivity contribution in [3.63, 3.8) is 0 Å². The standard InChI is InChI=1S/C24H24N2O4/c1-15-10-16(2)12-21(11-15)30-14-19-13-18(6-9-22(19)29-3)24(28)26-20-7-4-17(5-8-20)23(25)27/h4-13H,14H2,1-3H3,(H2,25,27)(H,26,28). The summed E-state index contributed by atoms with van der Waals surface area (Å²) in [6, 6.07) is 17.6. The molecule has 0 saturated heterocycles. The van der Waals surface area contributed by atoms with Gasteiger partial charge in [0.15, 0.2) is 0 Å². The first-order valence-corrected chi connectivity index (χ1v) is 9.45. The number of hydrogen-bond donors (Lipinski definition) is 2. The van der Waals surface area contributed by atoms with Crippen molar-refractivity contribution in [1.82, 2.24) is 0 Å². The van der Waals surface area contributed by atoms with E-state index in [4.69, 9.17) is 15.2 Å². The molecule has 3 N–H and O–H groups in total. The number of rotatable bonds is 7. The molecule has 3 aromatic rings. The zero-order valence-electron chi connectivity index (χ0n) is 17.2. The van der Waals surface area contributed by atoms with Gasteiger partial charge in [-0.05, 0) is 79.6 Å². The van der Waals surface area contributed by atoms with Crippen LogP contribution in [0.15, 0.2) is 60.7 Å². The maximum atomic E-state index is 12.7.